The van der Waals surface area contributed by atoms with Gasteiger partial charge in [0.25, 0.3) is 0 Å². The molecule has 1 N–H and O–H groups in total. The van der Waals surface area contributed by atoms with E-state index in [1.54, 1.807) is 7.11 Å². The van der Waals surface area contributed by atoms with Crippen molar-refractivity contribution < 1.29 is 9.47 Å². The fourth-order valence-corrected chi connectivity index (χ4v) is 2.01. The number of hydrogen-bond donors (Lipinski definition) is 1. The molecule has 3 nitrogen and oxygen atoms in total. The van der Waals surface area contributed by atoms with Gasteiger partial charge in [-0.1, -0.05) is 0 Å². The van der Waals surface area contributed by atoms with Gasteiger partial charge in [-0.3, -0.25) is 0 Å². The summed E-state index contributed by atoms with van der Waals surface area (Å²) in [7, 11) is 1.76. The van der Waals surface area contributed by atoms with Crippen molar-refractivity contribution in [3.05, 3.63) is 0 Å². The lowest BCUT2D eigenvalue weighted by Gasteiger charge is -2.39. The van der Waals surface area contributed by atoms with E-state index in [1.165, 1.54) is 19.3 Å². The van der Waals surface area contributed by atoms with Crippen LogP contribution in [0.3, 0.4) is 0 Å². The van der Waals surface area contributed by atoms with Crippen LogP contribution in [0.2, 0.25) is 0 Å². The molecule has 1 fully saturated rings. The second kappa shape index (κ2) is 6.58. The number of hydrogen-bond acceptors (Lipinski definition) is 3. The van der Waals surface area contributed by atoms with Crippen LogP contribution >= 0.6 is 0 Å². The molecule has 0 unspecified atom stereocenters. The van der Waals surface area contributed by atoms with E-state index >= 15 is 0 Å². The molecule has 0 bridgehead atoms. The highest BCUT2D eigenvalue weighted by molar-refractivity contribution is 4.87. The molecule has 1 rings (SSSR count). The largest absolute Gasteiger partial charge is 0.385 e. The van der Waals surface area contributed by atoms with Gasteiger partial charge in [-0.25, -0.2) is 0 Å². The summed E-state index contributed by atoms with van der Waals surface area (Å²) in [5.74, 6) is 0. The minimum Gasteiger partial charge on any atom is -0.385 e. The first-order valence-corrected chi connectivity index (χ1v) is 6.41. The van der Waals surface area contributed by atoms with E-state index < -0.39 is 0 Å². The molecular formula is C13H27NO2. The predicted octanol–water partition coefficient (Wildman–Crippen LogP) is 2.35. The van der Waals surface area contributed by atoms with E-state index in [1.807, 2.05) is 0 Å². The summed E-state index contributed by atoms with van der Waals surface area (Å²) < 4.78 is 10.9. The molecule has 0 atom stereocenters. The Balaban J connectivity index is 1.92. The summed E-state index contributed by atoms with van der Waals surface area (Å²) in [6, 6.07) is 0.676. The number of nitrogens with one attached hydrogen (secondary N) is 1. The lowest BCUT2D eigenvalue weighted by molar-refractivity contribution is -0.102. The highest BCUT2D eigenvalue weighted by Gasteiger charge is 2.32. The summed E-state index contributed by atoms with van der Waals surface area (Å²) >= 11 is 0. The molecule has 3 heteroatoms. The van der Waals surface area contributed by atoms with E-state index in [0.29, 0.717) is 12.1 Å². The molecule has 0 radical (unpaired) electrons. The molecule has 1 aliphatic rings. The fraction of sp³-hybridized carbons (Fsp3) is 1.00. The molecule has 1 saturated carbocycles. The summed E-state index contributed by atoms with van der Waals surface area (Å²) in [5.41, 5.74) is 0.00804. The fourth-order valence-electron chi connectivity index (χ4n) is 2.01. The van der Waals surface area contributed by atoms with Crippen LogP contribution in [0.1, 0.15) is 46.5 Å². The summed E-state index contributed by atoms with van der Waals surface area (Å²) in [6.45, 7) is 8.36. The summed E-state index contributed by atoms with van der Waals surface area (Å²) in [6.07, 6.45) is 5.16. The minimum atomic E-state index is 0.00804. The molecule has 0 aromatic carbocycles. The van der Waals surface area contributed by atoms with Crippen molar-refractivity contribution in [2.24, 2.45) is 0 Å². The first kappa shape index (κ1) is 13.9. The van der Waals surface area contributed by atoms with E-state index in [-0.39, 0.29) is 5.60 Å². The van der Waals surface area contributed by atoms with E-state index in [2.05, 4.69) is 26.1 Å². The van der Waals surface area contributed by atoms with Gasteiger partial charge in [-0.05, 0) is 53.0 Å². The molecule has 0 spiro atoms. The average molecular weight is 229 g/mol. The van der Waals surface area contributed by atoms with Gasteiger partial charge in [0, 0.05) is 19.8 Å². The van der Waals surface area contributed by atoms with Gasteiger partial charge in [-0.2, -0.15) is 0 Å². The third-order valence-electron chi connectivity index (χ3n) is 2.82. The molecule has 0 aromatic rings. The number of unbranched alkanes of at least 4 members (excludes halogenated alkanes) is 1. The van der Waals surface area contributed by atoms with Crippen molar-refractivity contribution in [1.82, 2.24) is 5.32 Å². The van der Waals surface area contributed by atoms with Crippen LogP contribution in [0, 0.1) is 0 Å². The monoisotopic (exact) mass is 229 g/mol. The van der Waals surface area contributed by atoms with E-state index in [0.717, 1.165) is 19.6 Å². The van der Waals surface area contributed by atoms with Gasteiger partial charge in [0.2, 0.25) is 0 Å². The van der Waals surface area contributed by atoms with Gasteiger partial charge >= 0.3 is 0 Å². The Hall–Kier alpha value is -0.120. The highest BCUT2D eigenvalue weighted by Crippen LogP contribution is 2.27. The zero-order chi connectivity index (χ0) is 12.0. The smallest absolute Gasteiger partial charge is 0.0612 e. The van der Waals surface area contributed by atoms with E-state index in [9.17, 15) is 0 Å². The van der Waals surface area contributed by atoms with Gasteiger partial charge < -0.3 is 14.8 Å². The molecule has 0 heterocycles. The third-order valence-corrected chi connectivity index (χ3v) is 2.82. The maximum Gasteiger partial charge on any atom is 0.0612 e. The maximum absolute atomic E-state index is 5.89. The van der Waals surface area contributed by atoms with Crippen molar-refractivity contribution in [2.75, 3.05) is 20.3 Å². The molecule has 0 aromatic heterocycles. The van der Waals surface area contributed by atoms with Crippen molar-refractivity contribution in [1.29, 1.82) is 0 Å². The first-order chi connectivity index (χ1) is 7.51. The average Bonchev–Trinajstić information content (AvgIpc) is 2.11. The number of rotatable bonds is 7. The molecule has 0 aliphatic heterocycles. The number of ether oxygens (including phenoxy) is 2. The second-order valence-corrected chi connectivity index (χ2v) is 5.67. The summed E-state index contributed by atoms with van der Waals surface area (Å²) in [5, 5.41) is 3.56. The van der Waals surface area contributed by atoms with Crippen LogP contribution in [-0.2, 0) is 9.47 Å². The first-order valence-electron chi connectivity index (χ1n) is 6.41. The van der Waals surface area contributed by atoms with Crippen molar-refractivity contribution in [2.45, 2.75) is 64.2 Å². The van der Waals surface area contributed by atoms with Gasteiger partial charge in [0.05, 0.1) is 11.7 Å². The van der Waals surface area contributed by atoms with Crippen LogP contribution in [-0.4, -0.2) is 38.0 Å². The Morgan fingerprint density at radius 3 is 2.44 bits per heavy atom. The Kier molecular flexibility index (Phi) is 5.73. The van der Waals surface area contributed by atoms with Crippen LogP contribution in [0.4, 0.5) is 0 Å². The molecule has 0 amide bonds. The SMILES string of the molecule is COCCCCNC1CC(OC(C)(C)C)C1. The Morgan fingerprint density at radius 2 is 1.88 bits per heavy atom. The third kappa shape index (κ3) is 5.83. The lowest BCUT2D eigenvalue weighted by atomic mass is 9.88. The minimum absolute atomic E-state index is 0.00804. The van der Waals surface area contributed by atoms with Crippen LogP contribution < -0.4 is 5.32 Å². The topological polar surface area (TPSA) is 30.5 Å². The maximum atomic E-state index is 5.89. The zero-order valence-corrected chi connectivity index (χ0v) is 11.2. The molecule has 16 heavy (non-hydrogen) atoms. The highest BCUT2D eigenvalue weighted by atomic mass is 16.5. The van der Waals surface area contributed by atoms with Crippen LogP contribution in [0.5, 0.6) is 0 Å². The van der Waals surface area contributed by atoms with Crippen molar-refractivity contribution in [3.8, 4) is 0 Å². The molecular weight excluding hydrogens is 202 g/mol. The Labute approximate surface area is 99.9 Å². The van der Waals surface area contributed by atoms with Crippen molar-refractivity contribution in [3.63, 3.8) is 0 Å². The van der Waals surface area contributed by atoms with Gasteiger partial charge in [0.15, 0.2) is 0 Å². The molecule has 96 valence electrons. The Bertz CT molecular complexity index is 183. The molecule has 0 saturated heterocycles. The quantitative estimate of drug-likeness (QED) is 0.680. The summed E-state index contributed by atoms with van der Waals surface area (Å²) in [4.78, 5) is 0. The molecule has 1 aliphatic carbocycles. The van der Waals surface area contributed by atoms with E-state index in [4.69, 9.17) is 9.47 Å². The van der Waals surface area contributed by atoms with Gasteiger partial charge in [-0.15, -0.1) is 0 Å². The standard InChI is InChI=1S/C13H27NO2/c1-13(2,3)16-12-9-11(10-12)14-7-5-6-8-15-4/h11-12,14H,5-10H2,1-4H3. The van der Waals surface area contributed by atoms with Crippen molar-refractivity contribution >= 4 is 0 Å². The second-order valence-electron chi connectivity index (χ2n) is 5.67. The lowest BCUT2D eigenvalue weighted by Crippen LogP contribution is -2.48. The number of methoxy groups -OCH3 is 1. The normalized spacial score (nSPS) is 25.5. The van der Waals surface area contributed by atoms with Crippen LogP contribution in [0.15, 0.2) is 0 Å². The van der Waals surface area contributed by atoms with Crippen LogP contribution in [0.25, 0.3) is 0 Å². The van der Waals surface area contributed by atoms with Gasteiger partial charge in [0.1, 0.15) is 0 Å². The zero-order valence-electron chi connectivity index (χ0n) is 11.2. The predicted molar refractivity (Wildman–Crippen MR) is 66.8 cm³/mol. The Morgan fingerprint density at radius 1 is 1.19 bits per heavy atom.